The van der Waals surface area contributed by atoms with Gasteiger partial charge in [-0.2, -0.15) is 0 Å². The Kier molecular flexibility index (Phi) is 6.34. The first kappa shape index (κ1) is 18.3. The monoisotopic (exact) mass is 339 g/mol. The minimum atomic E-state index is -1.11. The normalized spacial score (nSPS) is 11.4. The number of anilines is 1. The first-order chi connectivity index (χ1) is 12.0. The van der Waals surface area contributed by atoms with Gasteiger partial charge in [0.2, 0.25) is 0 Å². The lowest BCUT2D eigenvalue weighted by Crippen LogP contribution is -2.44. The van der Waals surface area contributed by atoms with Crippen molar-refractivity contribution >= 4 is 17.7 Å². The molecular weight excluding hydrogens is 318 g/mol. The van der Waals surface area contributed by atoms with Crippen molar-refractivity contribution in [2.45, 2.75) is 26.0 Å². The van der Waals surface area contributed by atoms with Crippen molar-refractivity contribution in [3.63, 3.8) is 0 Å². The molecule has 0 bridgehead atoms. The maximum absolute atomic E-state index is 12.6. The van der Waals surface area contributed by atoms with Gasteiger partial charge in [0.25, 0.3) is 0 Å². The summed E-state index contributed by atoms with van der Waals surface area (Å²) in [6.07, 6.45) is 1.53. The van der Waals surface area contributed by atoms with E-state index in [9.17, 15) is 14.7 Å². The van der Waals surface area contributed by atoms with Crippen LogP contribution in [0.4, 0.5) is 10.5 Å². The average Bonchev–Trinajstić information content (AvgIpc) is 2.62. The molecule has 130 valence electrons. The van der Waals surface area contributed by atoms with Crippen molar-refractivity contribution in [2.24, 2.45) is 0 Å². The summed E-state index contributed by atoms with van der Waals surface area (Å²) >= 11 is 0. The summed E-state index contributed by atoms with van der Waals surface area (Å²) in [4.78, 5) is 25.3. The minimum absolute atomic E-state index is 0.0755. The number of carbonyl (C=O) groups is 2. The Morgan fingerprint density at radius 1 is 1.16 bits per heavy atom. The van der Waals surface area contributed by atoms with Gasteiger partial charge in [-0.25, -0.2) is 9.59 Å². The maximum atomic E-state index is 12.6. The van der Waals surface area contributed by atoms with Gasteiger partial charge in [-0.15, -0.1) is 6.58 Å². The summed E-state index contributed by atoms with van der Waals surface area (Å²) in [5.41, 5.74) is 2.15. The molecule has 0 aliphatic heterocycles. The van der Waals surface area contributed by atoms with Crippen LogP contribution in [0.3, 0.4) is 0 Å². The average molecular weight is 339 g/mol. The Hall–Kier alpha value is -3.08. The number of carbonyl (C=O) groups excluding carboxylic acids is 1. The third kappa shape index (κ3) is 4.70. The molecule has 2 rings (SSSR count). The zero-order valence-corrected chi connectivity index (χ0v) is 14.1. The minimum Gasteiger partial charge on any atom is -0.480 e. The van der Waals surface area contributed by atoms with Crippen molar-refractivity contribution in [1.82, 2.24) is 0 Å². The molecule has 0 saturated carbocycles. The predicted molar refractivity (Wildman–Crippen MR) is 96.5 cm³/mol. The Bertz CT molecular complexity index is 742. The topological polar surface area (TPSA) is 66.8 Å². The molecular formula is C20H21NO4. The van der Waals surface area contributed by atoms with Gasteiger partial charge < -0.3 is 9.84 Å². The van der Waals surface area contributed by atoms with Crippen molar-refractivity contribution in [3.05, 3.63) is 78.4 Å². The second-order valence-electron chi connectivity index (χ2n) is 5.55. The molecule has 5 nitrogen and oxygen atoms in total. The molecule has 0 spiro atoms. The maximum Gasteiger partial charge on any atom is 0.415 e. The van der Waals surface area contributed by atoms with Gasteiger partial charge in [0, 0.05) is 0 Å². The van der Waals surface area contributed by atoms with Crippen LogP contribution in [-0.2, 0) is 22.6 Å². The van der Waals surface area contributed by atoms with Gasteiger partial charge in [0.15, 0.2) is 0 Å². The van der Waals surface area contributed by atoms with Crippen LogP contribution in [0.25, 0.3) is 0 Å². The standard InChI is InChI=1S/C20H21NO4/c1-3-9-17-12-7-8-13-18(17)21(15(2)19(22)23)20(24)25-14-16-10-5-4-6-11-16/h3-8,10-13,15H,1,9,14H2,2H3,(H,22,23)/t15-/m0/s1. The summed E-state index contributed by atoms with van der Waals surface area (Å²) in [5, 5.41) is 9.40. The summed E-state index contributed by atoms with van der Waals surface area (Å²) in [6, 6.07) is 15.3. The highest BCUT2D eigenvalue weighted by Crippen LogP contribution is 2.25. The lowest BCUT2D eigenvalue weighted by atomic mass is 10.1. The van der Waals surface area contributed by atoms with Crippen LogP contribution in [-0.4, -0.2) is 23.2 Å². The quantitative estimate of drug-likeness (QED) is 0.773. The highest BCUT2D eigenvalue weighted by Gasteiger charge is 2.29. The number of ether oxygens (including phenoxy) is 1. The van der Waals surface area contributed by atoms with E-state index in [0.29, 0.717) is 12.1 Å². The van der Waals surface area contributed by atoms with Gasteiger partial charge in [0.05, 0.1) is 5.69 Å². The van der Waals surface area contributed by atoms with Crippen molar-refractivity contribution in [3.8, 4) is 0 Å². The SMILES string of the molecule is C=CCc1ccccc1N(C(=O)OCc1ccccc1)[C@@H](C)C(=O)O. The number of hydrogen-bond donors (Lipinski definition) is 1. The third-order valence-electron chi connectivity index (χ3n) is 3.76. The zero-order chi connectivity index (χ0) is 18.2. The van der Waals surface area contributed by atoms with Crippen molar-refractivity contribution < 1.29 is 19.4 Å². The first-order valence-electron chi connectivity index (χ1n) is 7.96. The van der Waals surface area contributed by atoms with Crippen LogP contribution >= 0.6 is 0 Å². The molecule has 0 fully saturated rings. The summed E-state index contributed by atoms with van der Waals surface area (Å²) < 4.78 is 5.35. The van der Waals surface area contributed by atoms with Gasteiger partial charge in [0.1, 0.15) is 12.6 Å². The van der Waals surface area contributed by atoms with Crippen LogP contribution < -0.4 is 4.90 Å². The largest absolute Gasteiger partial charge is 0.480 e. The molecule has 0 heterocycles. The van der Waals surface area contributed by atoms with E-state index in [4.69, 9.17) is 4.74 Å². The number of nitrogens with zero attached hydrogens (tertiary/aromatic N) is 1. The number of hydrogen-bond acceptors (Lipinski definition) is 3. The molecule has 2 aromatic rings. The van der Waals surface area contributed by atoms with Crippen molar-refractivity contribution in [2.75, 3.05) is 4.90 Å². The highest BCUT2D eigenvalue weighted by molar-refractivity contribution is 5.95. The molecule has 5 heteroatoms. The molecule has 0 aliphatic rings. The molecule has 25 heavy (non-hydrogen) atoms. The number of aliphatic carboxylic acids is 1. The summed E-state index contributed by atoms with van der Waals surface area (Å²) in [7, 11) is 0. The number of allylic oxidation sites excluding steroid dienone is 1. The molecule has 1 amide bonds. The van der Waals surface area contributed by atoms with Gasteiger partial charge in [-0.1, -0.05) is 54.6 Å². The molecule has 0 unspecified atom stereocenters. The molecule has 1 atom stereocenters. The van der Waals surface area contributed by atoms with Crippen LogP contribution in [0.15, 0.2) is 67.3 Å². The fourth-order valence-electron chi connectivity index (χ4n) is 2.44. The number of rotatable bonds is 7. The van der Waals surface area contributed by atoms with Gasteiger partial charge >= 0.3 is 12.1 Å². The summed E-state index contributed by atoms with van der Waals surface area (Å²) in [6.45, 7) is 5.24. The number of carboxylic acids is 1. The third-order valence-corrected chi connectivity index (χ3v) is 3.76. The molecule has 2 aromatic carbocycles. The molecule has 0 saturated heterocycles. The zero-order valence-electron chi connectivity index (χ0n) is 14.1. The Morgan fingerprint density at radius 2 is 1.80 bits per heavy atom. The van der Waals surface area contributed by atoms with E-state index in [1.807, 2.05) is 42.5 Å². The van der Waals surface area contributed by atoms with E-state index in [2.05, 4.69) is 6.58 Å². The second-order valence-corrected chi connectivity index (χ2v) is 5.55. The smallest absolute Gasteiger partial charge is 0.415 e. The first-order valence-corrected chi connectivity index (χ1v) is 7.96. The van der Waals surface area contributed by atoms with Gasteiger partial charge in [-0.05, 0) is 30.5 Å². The fraction of sp³-hybridized carbons (Fsp3) is 0.200. The summed E-state index contributed by atoms with van der Waals surface area (Å²) in [5.74, 6) is -1.11. The van der Waals surface area contributed by atoms with Crippen molar-refractivity contribution in [1.29, 1.82) is 0 Å². The Labute approximate surface area is 147 Å². The van der Waals surface area contributed by atoms with E-state index in [1.165, 1.54) is 11.8 Å². The van der Waals surface area contributed by atoms with E-state index in [1.54, 1.807) is 18.2 Å². The van der Waals surface area contributed by atoms with E-state index >= 15 is 0 Å². The van der Waals surface area contributed by atoms with E-state index in [-0.39, 0.29) is 6.61 Å². The number of amides is 1. The number of para-hydroxylation sites is 1. The predicted octanol–water partition coefficient (Wildman–Crippen LogP) is 4.03. The van der Waals surface area contributed by atoms with E-state index < -0.39 is 18.1 Å². The van der Waals surface area contributed by atoms with E-state index in [0.717, 1.165) is 11.1 Å². The van der Waals surface area contributed by atoms with Crippen LogP contribution in [0.5, 0.6) is 0 Å². The van der Waals surface area contributed by atoms with Crippen LogP contribution in [0.2, 0.25) is 0 Å². The molecule has 0 aromatic heterocycles. The lowest BCUT2D eigenvalue weighted by Gasteiger charge is -2.27. The Morgan fingerprint density at radius 3 is 2.44 bits per heavy atom. The van der Waals surface area contributed by atoms with Gasteiger partial charge in [-0.3, -0.25) is 4.90 Å². The lowest BCUT2D eigenvalue weighted by molar-refractivity contribution is -0.138. The molecule has 0 radical (unpaired) electrons. The molecule has 1 N–H and O–H groups in total. The number of benzene rings is 2. The number of carboxylic acid groups (broad SMARTS) is 1. The molecule has 0 aliphatic carbocycles. The highest BCUT2D eigenvalue weighted by atomic mass is 16.6. The second kappa shape index (κ2) is 8.68. The Balaban J connectivity index is 2.28. The fourth-order valence-corrected chi connectivity index (χ4v) is 2.44. The van der Waals surface area contributed by atoms with Crippen LogP contribution in [0.1, 0.15) is 18.1 Å². The van der Waals surface area contributed by atoms with Crippen LogP contribution in [0, 0.1) is 0 Å².